The molecule has 6 heteroatoms. The van der Waals surface area contributed by atoms with E-state index in [4.69, 9.17) is 21.4 Å². The molecule has 0 aliphatic carbocycles. The Morgan fingerprint density at radius 3 is 2.52 bits per heavy atom. The third-order valence-corrected chi connectivity index (χ3v) is 3.44. The Morgan fingerprint density at radius 2 is 1.90 bits per heavy atom. The molecule has 0 heterocycles. The average Bonchev–Trinajstić information content (AvgIpc) is 2.42. The molecule has 3 nitrogen and oxygen atoms in total. The van der Waals surface area contributed by atoms with Crippen molar-refractivity contribution in [3.05, 3.63) is 63.4 Å². The van der Waals surface area contributed by atoms with Crippen LogP contribution < -0.4 is 4.74 Å². The van der Waals surface area contributed by atoms with Gasteiger partial charge in [-0.15, -0.1) is 0 Å². The van der Waals surface area contributed by atoms with Gasteiger partial charge >= 0.3 is 5.97 Å². The van der Waals surface area contributed by atoms with Crippen molar-refractivity contribution in [3.8, 4) is 11.5 Å². The van der Waals surface area contributed by atoms with Crippen molar-refractivity contribution >= 4 is 39.6 Å². The lowest BCUT2D eigenvalue weighted by Crippen LogP contribution is -1.88. The summed E-state index contributed by atoms with van der Waals surface area (Å²) in [6.07, 6.45) is 2.39. The molecule has 108 valence electrons. The van der Waals surface area contributed by atoms with Crippen LogP contribution in [0.4, 0.5) is 4.39 Å². The van der Waals surface area contributed by atoms with Gasteiger partial charge in [-0.3, -0.25) is 0 Å². The zero-order valence-corrected chi connectivity index (χ0v) is 12.9. The van der Waals surface area contributed by atoms with E-state index >= 15 is 0 Å². The summed E-state index contributed by atoms with van der Waals surface area (Å²) >= 11 is 9.12. The van der Waals surface area contributed by atoms with E-state index in [1.807, 2.05) is 0 Å². The van der Waals surface area contributed by atoms with E-state index in [1.165, 1.54) is 24.3 Å². The lowest BCUT2D eigenvalue weighted by atomic mass is 10.2. The maximum atomic E-state index is 13.1. The number of carboxylic acid groups (broad SMARTS) is 1. The Hall–Kier alpha value is -1.85. The molecule has 0 spiro atoms. The number of hydrogen-bond acceptors (Lipinski definition) is 2. The lowest BCUT2D eigenvalue weighted by Gasteiger charge is -2.08. The fourth-order valence-electron chi connectivity index (χ4n) is 1.54. The number of ether oxygens (including phenoxy) is 1. The monoisotopic (exact) mass is 370 g/mol. The van der Waals surface area contributed by atoms with Gasteiger partial charge in [-0.25, -0.2) is 9.18 Å². The Bertz CT molecular complexity index is 716. The van der Waals surface area contributed by atoms with Gasteiger partial charge in [0.1, 0.15) is 17.3 Å². The fourth-order valence-corrected chi connectivity index (χ4v) is 2.14. The normalized spacial score (nSPS) is 10.8. The second-order valence-corrected chi connectivity index (χ2v) is 5.29. The molecule has 2 aromatic rings. The molecule has 0 unspecified atom stereocenters. The van der Waals surface area contributed by atoms with Gasteiger partial charge in [0.15, 0.2) is 0 Å². The second-order valence-electron chi connectivity index (χ2n) is 4.03. The van der Waals surface area contributed by atoms with Gasteiger partial charge in [-0.1, -0.05) is 11.6 Å². The van der Waals surface area contributed by atoms with Crippen LogP contribution >= 0.6 is 27.5 Å². The van der Waals surface area contributed by atoms with Crippen molar-refractivity contribution in [1.82, 2.24) is 0 Å². The molecule has 0 aliphatic heterocycles. The van der Waals surface area contributed by atoms with Gasteiger partial charge in [0.05, 0.1) is 9.50 Å². The molecule has 0 aromatic heterocycles. The number of carboxylic acids is 1. The zero-order chi connectivity index (χ0) is 15.4. The minimum atomic E-state index is -1.05. The molecule has 0 atom stereocenters. The van der Waals surface area contributed by atoms with E-state index < -0.39 is 5.97 Å². The number of aliphatic carboxylic acids is 1. The first kappa shape index (κ1) is 15.5. The van der Waals surface area contributed by atoms with Crippen LogP contribution in [0, 0.1) is 5.82 Å². The van der Waals surface area contributed by atoms with Gasteiger partial charge in [-0.05, 0) is 64.0 Å². The van der Waals surface area contributed by atoms with E-state index in [-0.39, 0.29) is 5.82 Å². The van der Waals surface area contributed by atoms with Crippen LogP contribution in [0.25, 0.3) is 6.08 Å². The molecule has 0 fully saturated rings. The lowest BCUT2D eigenvalue weighted by molar-refractivity contribution is -0.131. The molecular weight excluding hydrogens is 363 g/mol. The molecule has 0 radical (unpaired) electrons. The highest BCUT2D eigenvalue weighted by Gasteiger charge is 2.05. The van der Waals surface area contributed by atoms with E-state index in [0.29, 0.717) is 26.6 Å². The van der Waals surface area contributed by atoms with Gasteiger partial charge in [0, 0.05) is 6.08 Å². The summed E-state index contributed by atoms with van der Waals surface area (Å²) in [5, 5.41) is 8.93. The van der Waals surface area contributed by atoms with Crippen LogP contribution in [0.1, 0.15) is 5.56 Å². The predicted molar refractivity (Wildman–Crippen MR) is 82.3 cm³/mol. The molecule has 0 bridgehead atoms. The number of carbonyl (C=O) groups is 1. The number of hydrogen-bond donors (Lipinski definition) is 1. The van der Waals surface area contributed by atoms with Gasteiger partial charge in [0.2, 0.25) is 0 Å². The van der Waals surface area contributed by atoms with Crippen molar-refractivity contribution in [2.24, 2.45) is 0 Å². The zero-order valence-electron chi connectivity index (χ0n) is 10.5. The van der Waals surface area contributed by atoms with Crippen LogP contribution in [0.2, 0.25) is 5.02 Å². The minimum absolute atomic E-state index is 0.298. The fraction of sp³-hybridized carbons (Fsp3) is 0. The van der Waals surface area contributed by atoms with E-state index in [2.05, 4.69) is 15.9 Å². The standard InChI is InChI=1S/C15H9BrClFO3/c16-12-7-10(4-5-14(12)18)21-11-3-1-9(13(17)8-11)2-6-15(19)20/h1-8H,(H,19,20)/b6-2+. The predicted octanol–water partition coefficient (Wildman–Crippen LogP) is 5.13. The molecule has 2 rings (SSSR count). The summed E-state index contributed by atoms with van der Waals surface area (Å²) in [5.41, 5.74) is 0.562. The Labute approximate surface area is 133 Å². The molecular formula is C15H9BrClFO3. The van der Waals surface area contributed by atoms with Gasteiger partial charge < -0.3 is 9.84 Å². The third kappa shape index (κ3) is 4.31. The Balaban J connectivity index is 2.20. The van der Waals surface area contributed by atoms with E-state index in [0.717, 1.165) is 6.08 Å². The third-order valence-electron chi connectivity index (χ3n) is 2.50. The quantitative estimate of drug-likeness (QED) is 0.758. The molecule has 0 aliphatic rings. The van der Waals surface area contributed by atoms with Crippen molar-refractivity contribution in [1.29, 1.82) is 0 Å². The van der Waals surface area contributed by atoms with Gasteiger partial charge in [0.25, 0.3) is 0 Å². The molecule has 0 saturated heterocycles. The number of rotatable bonds is 4. The second kappa shape index (κ2) is 6.74. The Morgan fingerprint density at radius 1 is 1.24 bits per heavy atom. The van der Waals surface area contributed by atoms with Crippen LogP contribution in [0.3, 0.4) is 0 Å². The largest absolute Gasteiger partial charge is 0.478 e. The maximum Gasteiger partial charge on any atom is 0.328 e. The highest BCUT2D eigenvalue weighted by molar-refractivity contribution is 9.10. The summed E-state index contributed by atoms with van der Waals surface area (Å²) in [5.74, 6) is -0.517. The highest BCUT2D eigenvalue weighted by Crippen LogP contribution is 2.29. The first-order valence-corrected chi connectivity index (χ1v) is 6.96. The molecule has 21 heavy (non-hydrogen) atoms. The number of benzene rings is 2. The van der Waals surface area contributed by atoms with Crippen molar-refractivity contribution in [2.75, 3.05) is 0 Å². The summed E-state index contributed by atoms with van der Waals surface area (Å²) < 4.78 is 19.0. The summed E-state index contributed by atoms with van der Waals surface area (Å²) in [6.45, 7) is 0. The maximum absolute atomic E-state index is 13.1. The first-order chi connectivity index (χ1) is 9.95. The van der Waals surface area contributed by atoms with Crippen LogP contribution in [-0.4, -0.2) is 11.1 Å². The number of halogens is 3. The molecule has 2 aromatic carbocycles. The van der Waals surface area contributed by atoms with E-state index in [9.17, 15) is 9.18 Å². The van der Waals surface area contributed by atoms with Crippen molar-refractivity contribution < 1.29 is 19.0 Å². The highest BCUT2D eigenvalue weighted by atomic mass is 79.9. The average molecular weight is 372 g/mol. The Kier molecular flexibility index (Phi) is 4.98. The topological polar surface area (TPSA) is 46.5 Å². The molecule has 0 amide bonds. The first-order valence-electron chi connectivity index (χ1n) is 5.79. The molecule has 0 saturated carbocycles. The summed E-state index contributed by atoms with van der Waals surface area (Å²) in [6, 6.07) is 9.11. The minimum Gasteiger partial charge on any atom is -0.478 e. The van der Waals surface area contributed by atoms with Crippen molar-refractivity contribution in [3.63, 3.8) is 0 Å². The van der Waals surface area contributed by atoms with Gasteiger partial charge in [-0.2, -0.15) is 0 Å². The van der Waals surface area contributed by atoms with E-state index in [1.54, 1.807) is 18.2 Å². The van der Waals surface area contributed by atoms with Crippen molar-refractivity contribution in [2.45, 2.75) is 0 Å². The van der Waals surface area contributed by atoms with Crippen LogP contribution in [0.5, 0.6) is 11.5 Å². The van der Waals surface area contributed by atoms with Crippen LogP contribution in [-0.2, 0) is 4.79 Å². The smallest absolute Gasteiger partial charge is 0.328 e. The summed E-state index contributed by atoms with van der Waals surface area (Å²) in [7, 11) is 0. The van der Waals surface area contributed by atoms with Crippen LogP contribution in [0.15, 0.2) is 46.9 Å². The SMILES string of the molecule is O=C(O)/C=C/c1ccc(Oc2ccc(F)c(Br)c2)cc1Cl. The molecule has 1 N–H and O–H groups in total. The summed E-state index contributed by atoms with van der Waals surface area (Å²) in [4.78, 5) is 10.5.